The Balaban J connectivity index is 1.78. The lowest BCUT2D eigenvalue weighted by atomic mass is 9.96. The number of ether oxygens (including phenoxy) is 1. The lowest BCUT2D eigenvalue weighted by Crippen LogP contribution is -2.04. The molecule has 0 unspecified atom stereocenters. The van der Waals surface area contributed by atoms with Crippen molar-refractivity contribution in [1.29, 1.82) is 0 Å². The first kappa shape index (κ1) is 20.4. The van der Waals surface area contributed by atoms with E-state index in [9.17, 15) is 9.18 Å². The third-order valence-corrected chi connectivity index (χ3v) is 4.64. The van der Waals surface area contributed by atoms with Crippen LogP contribution in [0.1, 0.15) is 50.3 Å². The van der Waals surface area contributed by atoms with Crippen LogP contribution in [0.4, 0.5) is 4.39 Å². The van der Waals surface area contributed by atoms with Gasteiger partial charge in [-0.3, -0.25) is 9.48 Å². The second kappa shape index (κ2) is 8.78. The highest BCUT2D eigenvalue weighted by Crippen LogP contribution is 2.27. The lowest BCUT2D eigenvalue weighted by molar-refractivity contribution is -0.137. The summed E-state index contributed by atoms with van der Waals surface area (Å²) < 4.78 is 21.9. The summed E-state index contributed by atoms with van der Waals surface area (Å²) in [6, 6.07) is 12.8. The average Bonchev–Trinajstić information content (AvgIpc) is 3.04. The summed E-state index contributed by atoms with van der Waals surface area (Å²) in [7, 11) is 0. The highest BCUT2D eigenvalue weighted by Gasteiger charge is 2.16. The Kier molecular flexibility index (Phi) is 6.18. The van der Waals surface area contributed by atoms with Crippen LogP contribution >= 0.6 is 0 Å². The first-order valence-electron chi connectivity index (χ1n) is 9.43. The van der Waals surface area contributed by atoms with E-state index in [0.29, 0.717) is 11.1 Å². The Bertz CT molecular complexity index is 1080. The molecule has 29 heavy (non-hydrogen) atoms. The topological polar surface area (TPSA) is 64.3 Å². The predicted molar refractivity (Wildman–Crippen MR) is 109 cm³/mol. The Hall–Kier alpha value is -3.33. The van der Waals surface area contributed by atoms with Gasteiger partial charge in [0.05, 0.1) is 23.2 Å². The average molecular weight is 394 g/mol. The standard InChI is InChI=1S/C23H23FN2O3/c1-4-6-17(13-21(27)28)16-9-11-19(12-10-16)29-14-18-7-5-8-20-22(18)23(24)25-26(20)15(2)3/h5,7-12,15,17H,13-14H2,1-3H3,(H,27,28)/t17-/m0/s1. The Morgan fingerprint density at radius 1 is 1.24 bits per heavy atom. The summed E-state index contributed by atoms with van der Waals surface area (Å²) in [6.45, 7) is 5.80. The van der Waals surface area contributed by atoms with E-state index in [1.807, 2.05) is 44.2 Å². The van der Waals surface area contributed by atoms with Crippen LogP contribution in [-0.2, 0) is 11.4 Å². The van der Waals surface area contributed by atoms with Gasteiger partial charge in [0.15, 0.2) is 0 Å². The largest absolute Gasteiger partial charge is 0.489 e. The van der Waals surface area contributed by atoms with Crippen molar-refractivity contribution in [3.05, 3.63) is 59.5 Å². The Labute approximate surface area is 169 Å². The number of rotatable bonds is 7. The molecule has 1 heterocycles. The molecular weight excluding hydrogens is 371 g/mol. The van der Waals surface area contributed by atoms with E-state index in [0.717, 1.165) is 16.6 Å². The highest BCUT2D eigenvalue weighted by molar-refractivity contribution is 5.83. The number of halogens is 1. The Morgan fingerprint density at radius 3 is 2.59 bits per heavy atom. The van der Waals surface area contributed by atoms with Gasteiger partial charge in [0, 0.05) is 11.6 Å². The molecule has 2 aromatic carbocycles. The summed E-state index contributed by atoms with van der Waals surface area (Å²) in [6.07, 6.45) is -0.0534. The van der Waals surface area contributed by atoms with Crippen molar-refractivity contribution in [3.8, 4) is 17.6 Å². The number of hydrogen-bond donors (Lipinski definition) is 1. The van der Waals surface area contributed by atoms with Crippen molar-refractivity contribution < 1.29 is 19.0 Å². The van der Waals surface area contributed by atoms with E-state index in [1.165, 1.54) is 0 Å². The number of carboxylic acids is 1. The highest BCUT2D eigenvalue weighted by atomic mass is 19.1. The number of benzene rings is 2. The van der Waals surface area contributed by atoms with Crippen LogP contribution in [0.25, 0.3) is 10.9 Å². The molecule has 0 aliphatic rings. The fraction of sp³-hybridized carbons (Fsp3) is 0.304. The van der Waals surface area contributed by atoms with Crippen LogP contribution in [0.3, 0.4) is 0 Å². The van der Waals surface area contributed by atoms with Gasteiger partial charge in [0.2, 0.25) is 5.95 Å². The molecule has 1 atom stereocenters. The fourth-order valence-corrected chi connectivity index (χ4v) is 3.29. The van der Waals surface area contributed by atoms with Crippen molar-refractivity contribution in [2.75, 3.05) is 0 Å². The van der Waals surface area contributed by atoms with Gasteiger partial charge >= 0.3 is 5.97 Å². The number of carboxylic acid groups (broad SMARTS) is 1. The molecule has 0 amide bonds. The van der Waals surface area contributed by atoms with E-state index in [-0.39, 0.29) is 25.0 Å². The first-order chi connectivity index (χ1) is 13.9. The maximum atomic E-state index is 14.4. The summed E-state index contributed by atoms with van der Waals surface area (Å²) in [5.41, 5.74) is 2.28. The molecule has 3 rings (SSSR count). The van der Waals surface area contributed by atoms with Crippen molar-refractivity contribution in [2.45, 2.75) is 45.8 Å². The maximum absolute atomic E-state index is 14.4. The molecule has 0 aliphatic carbocycles. The zero-order valence-corrected chi connectivity index (χ0v) is 16.6. The first-order valence-corrected chi connectivity index (χ1v) is 9.43. The SMILES string of the molecule is CC#C[C@@H](CC(=O)O)c1ccc(OCc2cccc3c2c(F)nn3C(C)C)cc1. The summed E-state index contributed by atoms with van der Waals surface area (Å²) in [5, 5.41) is 13.5. The minimum Gasteiger partial charge on any atom is -0.489 e. The van der Waals surface area contributed by atoms with Gasteiger partial charge in [-0.25, -0.2) is 0 Å². The second-order valence-electron chi connectivity index (χ2n) is 7.04. The van der Waals surface area contributed by atoms with Crippen molar-refractivity contribution >= 4 is 16.9 Å². The summed E-state index contributed by atoms with van der Waals surface area (Å²) in [4.78, 5) is 11.0. The van der Waals surface area contributed by atoms with E-state index in [4.69, 9.17) is 9.84 Å². The molecule has 1 N–H and O–H groups in total. The number of hydrogen-bond acceptors (Lipinski definition) is 3. The molecule has 0 bridgehead atoms. The molecule has 6 heteroatoms. The minimum atomic E-state index is -0.893. The Morgan fingerprint density at radius 2 is 1.97 bits per heavy atom. The minimum absolute atomic E-state index is 0.0516. The number of nitrogens with zero attached hydrogens (tertiary/aromatic N) is 2. The van der Waals surface area contributed by atoms with Gasteiger partial charge < -0.3 is 9.84 Å². The van der Waals surface area contributed by atoms with Gasteiger partial charge in [-0.2, -0.15) is 4.39 Å². The molecule has 1 aromatic heterocycles. The van der Waals surface area contributed by atoms with Gasteiger partial charge in [-0.15, -0.1) is 11.0 Å². The fourth-order valence-electron chi connectivity index (χ4n) is 3.29. The van der Waals surface area contributed by atoms with E-state index in [2.05, 4.69) is 16.9 Å². The molecule has 0 spiro atoms. The van der Waals surface area contributed by atoms with Crippen molar-refractivity contribution in [3.63, 3.8) is 0 Å². The third-order valence-electron chi connectivity index (χ3n) is 4.64. The van der Waals surface area contributed by atoms with Crippen LogP contribution in [0, 0.1) is 17.8 Å². The number of carbonyl (C=O) groups is 1. The molecule has 150 valence electrons. The summed E-state index contributed by atoms with van der Waals surface area (Å²) >= 11 is 0. The monoisotopic (exact) mass is 394 g/mol. The molecule has 0 fully saturated rings. The zero-order valence-electron chi connectivity index (χ0n) is 16.6. The maximum Gasteiger partial charge on any atom is 0.304 e. The summed E-state index contributed by atoms with van der Waals surface area (Å²) in [5.74, 6) is 4.55. The smallest absolute Gasteiger partial charge is 0.304 e. The predicted octanol–water partition coefficient (Wildman–Crippen LogP) is 4.92. The number of fused-ring (bicyclic) bond motifs is 1. The van der Waals surface area contributed by atoms with E-state index < -0.39 is 11.9 Å². The number of aliphatic carboxylic acids is 1. The van der Waals surface area contributed by atoms with Crippen LogP contribution in [-0.4, -0.2) is 20.9 Å². The van der Waals surface area contributed by atoms with Crippen LogP contribution in [0.2, 0.25) is 0 Å². The van der Waals surface area contributed by atoms with Crippen LogP contribution in [0.15, 0.2) is 42.5 Å². The molecule has 3 aromatic rings. The lowest BCUT2D eigenvalue weighted by Gasteiger charge is -2.11. The molecule has 0 saturated heterocycles. The van der Waals surface area contributed by atoms with E-state index >= 15 is 0 Å². The van der Waals surface area contributed by atoms with E-state index in [1.54, 1.807) is 23.7 Å². The molecule has 0 saturated carbocycles. The van der Waals surface area contributed by atoms with Crippen molar-refractivity contribution in [1.82, 2.24) is 9.78 Å². The number of aromatic nitrogens is 2. The third kappa shape index (κ3) is 4.57. The van der Waals surface area contributed by atoms with Gasteiger partial charge in [-0.05, 0) is 44.5 Å². The van der Waals surface area contributed by atoms with Gasteiger partial charge in [0.1, 0.15) is 12.4 Å². The normalized spacial score (nSPS) is 11.9. The molecule has 0 radical (unpaired) electrons. The van der Waals surface area contributed by atoms with Gasteiger partial charge in [-0.1, -0.05) is 30.2 Å². The molecular formula is C23H23FN2O3. The molecule has 0 aliphatic heterocycles. The van der Waals surface area contributed by atoms with Gasteiger partial charge in [0.25, 0.3) is 0 Å². The quantitative estimate of drug-likeness (QED) is 0.578. The van der Waals surface area contributed by atoms with Crippen molar-refractivity contribution in [2.24, 2.45) is 0 Å². The molecule has 5 nitrogen and oxygen atoms in total. The zero-order chi connectivity index (χ0) is 21.0. The van der Waals surface area contributed by atoms with Crippen LogP contribution in [0.5, 0.6) is 5.75 Å². The van der Waals surface area contributed by atoms with Crippen LogP contribution < -0.4 is 4.74 Å². The second-order valence-corrected chi connectivity index (χ2v) is 7.04.